The van der Waals surface area contributed by atoms with Crippen molar-refractivity contribution in [2.45, 2.75) is 0 Å². The number of carboxylic acid groups (broad SMARTS) is 1. The minimum Gasteiger partial charge on any atom is -0.872 e. The molecule has 1 aromatic heterocycles. The van der Waals surface area contributed by atoms with E-state index in [0.29, 0.717) is 0 Å². The first-order valence-corrected chi connectivity index (χ1v) is 9.18. The van der Waals surface area contributed by atoms with Gasteiger partial charge in [0.2, 0.25) is 5.91 Å². The van der Waals surface area contributed by atoms with Crippen LogP contribution in [0, 0.1) is 0 Å². The number of hydrogen-bond acceptors (Lipinski definition) is 7. The molecule has 2 aromatic rings. The highest BCUT2D eigenvalue weighted by Crippen LogP contribution is 2.32. The number of imide groups is 1. The molecule has 1 aliphatic rings. The van der Waals surface area contributed by atoms with Gasteiger partial charge in [-0.25, -0.2) is 4.79 Å². The lowest BCUT2D eigenvalue weighted by atomic mass is 10.1. The molecule has 10 heteroatoms. The number of aromatic carboxylic acids is 1. The molecule has 0 atom stereocenters. The topological polar surface area (TPSA) is 127 Å². The zero-order chi connectivity index (χ0) is 19.6. The van der Waals surface area contributed by atoms with Crippen molar-refractivity contribution in [3.63, 3.8) is 0 Å². The van der Waals surface area contributed by atoms with E-state index >= 15 is 0 Å². The predicted molar refractivity (Wildman–Crippen MR) is 98.5 cm³/mol. The van der Waals surface area contributed by atoms with E-state index in [4.69, 9.17) is 5.11 Å². The van der Waals surface area contributed by atoms with Gasteiger partial charge in [-0.05, 0) is 35.4 Å². The van der Waals surface area contributed by atoms with Crippen LogP contribution in [0.2, 0.25) is 0 Å². The lowest BCUT2D eigenvalue weighted by Crippen LogP contribution is -2.36. The van der Waals surface area contributed by atoms with Crippen molar-refractivity contribution in [3.05, 3.63) is 51.1 Å². The maximum Gasteiger partial charge on any atom is 0.337 e. The summed E-state index contributed by atoms with van der Waals surface area (Å²) in [6.45, 7) is -0.565. The lowest BCUT2D eigenvalue weighted by molar-refractivity contribution is -0.268. The lowest BCUT2D eigenvalue weighted by Gasteiger charge is -2.15. The van der Waals surface area contributed by atoms with Crippen LogP contribution in [-0.4, -0.2) is 39.6 Å². The molecule has 8 nitrogen and oxygen atoms in total. The van der Waals surface area contributed by atoms with Crippen LogP contribution in [0.4, 0.5) is 10.5 Å². The van der Waals surface area contributed by atoms with Gasteiger partial charge < -0.3 is 15.5 Å². The van der Waals surface area contributed by atoms with Crippen LogP contribution in [0.15, 0.2) is 40.6 Å². The average molecular weight is 403 g/mol. The number of amides is 3. The van der Waals surface area contributed by atoms with Gasteiger partial charge in [-0.15, -0.1) is 17.1 Å². The molecule has 3 rings (SSSR count). The highest BCUT2D eigenvalue weighted by atomic mass is 32.2. The minimum atomic E-state index is -1.38. The molecule has 1 fully saturated rings. The standard InChI is InChI=1S/C17H12N2O6S2/c20-9-3-4-12(11(6-9)16(23)24)18-14(21)8-19-15(22)13(27-17(19)25)7-10-2-1-5-26-10/h1-7,20H,8H2,(H,18,21)(H,23,24)/p-1/b13-7-. The van der Waals surface area contributed by atoms with Gasteiger partial charge in [0.15, 0.2) is 0 Å². The Morgan fingerprint density at radius 2 is 2.04 bits per heavy atom. The third kappa shape index (κ3) is 4.18. The number of thioether (sulfide) groups is 1. The predicted octanol–water partition coefficient (Wildman–Crippen LogP) is 2.19. The second-order valence-electron chi connectivity index (χ2n) is 5.34. The third-order valence-corrected chi connectivity index (χ3v) is 5.21. The molecule has 0 aliphatic carbocycles. The molecule has 0 unspecified atom stereocenters. The Morgan fingerprint density at radius 3 is 2.70 bits per heavy atom. The van der Waals surface area contributed by atoms with Crippen LogP contribution in [0.3, 0.4) is 0 Å². The van der Waals surface area contributed by atoms with Crippen molar-refractivity contribution >= 4 is 57.9 Å². The van der Waals surface area contributed by atoms with E-state index < -0.39 is 35.3 Å². The summed E-state index contributed by atoms with van der Waals surface area (Å²) < 4.78 is 0. The molecular weight excluding hydrogens is 392 g/mol. The Hall–Kier alpha value is -3.11. The van der Waals surface area contributed by atoms with Crippen molar-refractivity contribution in [3.8, 4) is 5.75 Å². The van der Waals surface area contributed by atoms with E-state index in [-0.39, 0.29) is 16.2 Å². The van der Waals surface area contributed by atoms with Crippen LogP contribution in [0.1, 0.15) is 15.2 Å². The number of thiophene rings is 1. The summed E-state index contributed by atoms with van der Waals surface area (Å²) in [5.41, 5.74) is -0.462. The van der Waals surface area contributed by atoms with Crippen molar-refractivity contribution in [2.24, 2.45) is 0 Å². The molecule has 1 aliphatic heterocycles. The van der Waals surface area contributed by atoms with Crippen LogP contribution < -0.4 is 10.4 Å². The largest absolute Gasteiger partial charge is 0.872 e. The number of nitrogens with zero attached hydrogens (tertiary/aromatic N) is 1. The molecule has 0 saturated carbocycles. The van der Waals surface area contributed by atoms with Crippen molar-refractivity contribution in [1.82, 2.24) is 4.90 Å². The second-order valence-corrected chi connectivity index (χ2v) is 7.32. The van der Waals surface area contributed by atoms with Crippen LogP contribution in [0.25, 0.3) is 6.08 Å². The fraction of sp³-hybridized carbons (Fsp3) is 0.0588. The van der Waals surface area contributed by atoms with Gasteiger partial charge in [-0.1, -0.05) is 18.2 Å². The zero-order valence-corrected chi connectivity index (χ0v) is 15.1. The summed E-state index contributed by atoms with van der Waals surface area (Å²) in [6, 6.07) is 6.74. The van der Waals surface area contributed by atoms with Crippen molar-refractivity contribution < 1.29 is 29.4 Å². The molecular formula is C17H11N2O6S2-. The Bertz CT molecular complexity index is 968. The Balaban J connectivity index is 1.72. The summed E-state index contributed by atoms with van der Waals surface area (Å²) in [4.78, 5) is 49.6. The molecule has 0 bridgehead atoms. The molecule has 2 heterocycles. The van der Waals surface area contributed by atoms with Gasteiger partial charge in [0.1, 0.15) is 6.54 Å². The number of carbonyl (C=O) groups is 4. The summed E-state index contributed by atoms with van der Waals surface area (Å²) in [6.07, 6.45) is 1.57. The Labute approximate surface area is 161 Å². The second kappa shape index (κ2) is 7.64. The van der Waals surface area contributed by atoms with E-state index in [2.05, 4.69) is 5.32 Å². The normalized spacial score (nSPS) is 15.4. The number of anilines is 1. The molecule has 0 spiro atoms. The molecule has 0 radical (unpaired) electrons. The maximum atomic E-state index is 12.4. The van der Waals surface area contributed by atoms with Crippen LogP contribution in [-0.2, 0) is 9.59 Å². The van der Waals surface area contributed by atoms with E-state index in [1.54, 1.807) is 18.2 Å². The summed E-state index contributed by atoms with van der Waals surface area (Å²) in [7, 11) is 0. The van der Waals surface area contributed by atoms with E-state index in [1.165, 1.54) is 11.3 Å². The molecule has 27 heavy (non-hydrogen) atoms. The van der Waals surface area contributed by atoms with Gasteiger partial charge >= 0.3 is 5.97 Å². The number of hydrogen-bond donors (Lipinski definition) is 2. The summed E-state index contributed by atoms with van der Waals surface area (Å²) in [5.74, 6) is -3.25. The number of rotatable bonds is 5. The quantitative estimate of drug-likeness (QED) is 0.733. The number of carboxylic acids is 1. The smallest absolute Gasteiger partial charge is 0.337 e. The van der Waals surface area contributed by atoms with Crippen molar-refractivity contribution in [1.29, 1.82) is 0 Å². The molecule has 138 valence electrons. The first kappa shape index (κ1) is 18.7. The molecule has 3 amide bonds. The summed E-state index contributed by atoms with van der Waals surface area (Å²) >= 11 is 2.13. The zero-order valence-electron chi connectivity index (χ0n) is 13.5. The molecule has 1 saturated heterocycles. The molecule has 2 N–H and O–H groups in total. The number of carbonyl (C=O) groups excluding carboxylic acids is 3. The van der Waals surface area contributed by atoms with E-state index in [1.807, 2.05) is 5.38 Å². The van der Waals surface area contributed by atoms with Crippen LogP contribution in [0.5, 0.6) is 5.75 Å². The van der Waals surface area contributed by atoms with Crippen molar-refractivity contribution in [2.75, 3.05) is 11.9 Å². The fourth-order valence-electron chi connectivity index (χ4n) is 2.28. The third-order valence-electron chi connectivity index (χ3n) is 3.49. The first-order chi connectivity index (χ1) is 12.8. The number of benzene rings is 1. The highest BCUT2D eigenvalue weighted by molar-refractivity contribution is 8.18. The monoisotopic (exact) mass is 403 g/mol. The van der Waals surface area contributed by atoms with Gasteiger partial charge in [0, 0.05) is 4.88 Å². The molecule has 1 aromatic carbocycles. The maximum absolute atomic E-state index is 12.4. The number of nitrogens with one attached hydrogen (secondary N) is 1. The Morgan fingerprint density at radius 1 is 1.26 bits per heavy atom. The van der Waals surface area contributed by atoms with Crippen LogP contribution >= 0.6 is 23.1 Å². The van der Waals surface area contributed by atoms with E-state index in [9.17, 15) is 24.3 Å². The van der Waals surface area contributed by atoms with Gasteiger partial charge in [-0.2, -0.15) is 0 Å². The first-order valence-electron chi connectivity index (χ1n) is 7.48. The average Bonchev–Trinajstić information content (AvgIpc) is 3.21. The Kier molecular flexibility index (Phi) is 5.28. The van der Waals surface area contributed by atoms with Gasteiger partial charge in [0.25, 0.3) is 11.1 Å². The van der Waals surface area contributed by atoms with Gasteiger partial charge in [-0.3, -0.25) is 19.3 Å². The summed E-state index contributed by atoms with van der Waals surface area (Å²) in [5, 5.41) is 23.9. The van der Waals surface area contributed by atoms with E-state index in [0.717, 1.165) is 39.7 Å². The highest BCUT2D eigenvalue weighted by Gasteiger charge is 2.36. The fourth-order valence-corrected chi connectivity index (χ4v) is 3.84. The van der Waals surface area contributed by atoms with Gasteiger partial charge in [0.05, 0.1) is 16.2 Å². The SMILES string of the molecule is O=C(CN1C(=O)S/C(=C\c2cccs2)C1=O)Nc1ccc([O-])cc1C(=O)O. The minimum absolute atomic E-state index is 0.0896.